The Kier molecular flexibility index (Phi) is 2.37. The van der Waals surface area contributed by atoms with E-state index in [9.17, 15) is 14.9 Å². The Morgan fingerprint density at radius 1 is 1.69 bits per heavy atom. The first-order valence-electron chi connectivity index (χ1n) is 4.98. The van der Waals surface area contributed by atoms with Crippen LogP contribution in [0.4, 0.5) is 5.69 Å². The van der Waals surface area contributed by atoms with Crippen LogP contribution in [0.3, 0.4) is 0 Å². The van der Waals surface area contributed by atoms with Gasteiger partial charge in [0.05, 0.1) is 11.0 Å². The molecule has 1 aliphatic rings. The van der Waals surface area contributed by atoms with Crippen LogP contribution in [0.2, 0.25) is 0 Å². The number of amides is 1. The van der Waals surface area contributed by atoms with Gasteiger partial charge in [0.1, 0.15) is 11.9 Å². The maximum atomic E-state index is 10.8. The van der Waals surface area contributed by atoms with E-state index < -0.39 is 4.92 Å². The summed E-state index contributed by atoms with van der Waals surface area (Å²) >= 11 is 0. The molecule has 0 saturated heterocycles. The van der Waals surface area contributed by atoms with Crippen molar-refractivity contribution in [2.75, 3.05) is 0 Å². The minimum absolute atomic E-state index is 0.0162. The number of rotatable bonds is 3. The zero-order valence-corrected chi connectivity index (χ0v) is 8.79. The van der Waals surface area contributed by atoms with Crippen LogP contribution in [0.25, 0.3) is 0 Å². The molecule has 0 atom stereocenters. The smallest absolute Gasteiger partial charge is 0.309 e. The van der Waals surface area contributed by atoms with Gasteiger partial charge in [-0.25, -0.2) is 0 Å². The fraction of sp³-hybridized carbons (Fsp3) is 0.556. The second kappa shape index (κ2) is 3.58. The standard InChI is InChI=1S/C9H12N4O3/c1-5-8(13(15)16)4-12(11-5)7-2-6(3-7)9(10)14/h4,6-7H,2-3H2,1H3,(H2,10,14). The fourth-order valence-corrected chi connectivity index (χ4v) is 1.87. The minimum atomic E-state index is -0.455. The second-order valence-corrected chi connectivity index (χ2v) is 4.06. The van der Waals surface area contributed by atoms with Crippen molar-refractivity contribution in [3.8, 4) is 0 Å². The van der Waals surface area contributed by atoms with E-state index in [0.29, 0.717) is 18.5 Å². The van der Waals surface area contributed by atoms with Crippen LogP contribution in [0, 0.1) is 23.0 Å². The monoisotopic (exact) mass is 224 g/mol. The van der Waals surface area contributed by atoms with Gasteiger partial charge in [0.15, 0.2) is 0 Å². The van der Waals surface area contributed by atoms with E-state index in [2.05, 4.69) is 5.10 Å². The molecule has 2 N–H and O–H groups in total. The normalized spacial score (nSPS) is 23.8. The molecule has 0 spiro atoms. The van der Waals surface area contributed by atoms with Crippen LogP contribution in [0.5, 0.6) is 0 Å². The number of nitrogens with two attached hydrogens (primary N) is 1. The molecular weight excluding hydrogens is 212 g/mol. The lowest BCUT2D eigenvalue weighted by Gasteiger charge is -2.32. The van der Waals surface area contributed by atoms with Crippen LogP contribution in [0.1, 0.15) is 24.6 Å². The highest BCUT2D eigenvalue weighted by Crippen LogP contribution is 2.38. The third kappa shape index (κ3) is 1.64. The predicted octanol–water partition coefficient (Wildman–Crippen LogP) is 0.536. The summed E-state index contributed by atoms with van der Waals surface area (Å²) in [6.07, 6.45) is 2.65. The van der Waals surface area contributed by atoms with Crippen LogP contribution in [-0.4, -0.2) is 20.6 Å². The third-order valence-corrected chi connectivity index (χ3v) is 2.98. The Morgan fingerprint density at radius 2 is 2.31 bits per heavy atom. The Bertz CT molecular complexity index is 448. The number of hydrogen-bond donors (Lipinski definition) is 1. The highest BCUT2D eigenvalue weighted by molar-refractivity contribution is 5.77. The molecule has 2 rings (SSSR count). The zero-order chi connectivity index (χ0) is 11.9. The summed E-state index contributed by atoms with van der Waals surface area (Å²) in [4.78, 5) is 21.0. The molecule has 7 heteroatoms. The van der Waals surface area contributed by atoms with Crippen molar-refractivity contribution in [3.63, 3.8) is 0 Å². The fourth-order valence-electron chi connectivity index (χ4n) is 1.87. The summed E-state index contributed by atoms with van der Waals surface area (Å²) in [6.45, 7) is 1.60. The molecule has 1 aromatic heterocycles. The average Bonchev–Trinajstić information content (AvgIpc) is 2.43. The van der Waals surface area contributed by atoms with Crippen LogP contribution in [-0.2, 0) is 4.79 Å². The second-order valence-electron chi connectivity index (χ2n) is 4.06. The molecule has 1 aromatic rings. The van der Waals surface area contributed by atoms with Crippen molar-refractivity contribution in [2.45, 2.75) is 25.8 Å². The van der Waals surface area contributed by atoms with Gasteiger partial charge >= 0.3 is 5.69 Å². The van der Waals surface area contributed by atoms with Gasteiger partial charge in [-0.05, 0) is 19.8 Å². The van der Waals surface area contributed by atoms with Crippen LogP contribution >= 0.6 is 0 Å². The van der Waals surface area contributed by atoms with Gasteiger partial charge in [0.2, 0.25) is 5.91 Å². The predicted molar refractivity (Wildman–Crippen MR) is 54.6 cm³/mol. The molecule has 0 aromatic carbocycles. The van der Waals surface area contributed by atoms with Gasteiger partial charge in [0, 0.05) is 5.92 Å². The first-order valence-corrected chi connectivity index (χ1v) is 4.98. The summed E-state index contributed by atoms with van der Waals surface area (Å²) in [5.74, 6) is -0.428. The molecule has 1 aliphatic carbocycles. The third-order valence-electron chi connectivity index (χ3n) is 2.98. The Hall–Kier alpha value is -1.92. The van der Waals surface area contributed by atoms with E-state index in [1.165, 1.54) is 6.20 Å². The van der Waals surface area contributed by atoms with Gasteiger partial charge in [-0.3, -0.25) is 19.6 Å². The quantitative estimate of drug-likeness (QED) is 0.597. The first-order chi connectivity index (χ1) is 7.49. The SMILES string of the molecule is Cc1nn(C2CC(C(N)=O)C2)cc1[N+](=O)[O-]. The molecule has 7 nitrogen and oxygen atoms in total. The molecule has 0 unspecified atom stereocenters. The lowest BCUT2D eigenvalue weighted by molar-refractivity contribution is -0.385. The molecule has 16 heavy (non-hydrogen) atoms. The number of aryl methyl sites for hydroxylation is 1. The van der Waals surface area contributed by atoms with E-state index in [-0.39, 0.29) is 23.6 Å². The maximum Gasteiger partial charge on any atom is 0.309 e. The minimum Gasteiger partial charge on any atom is -0.369 e. The number of nitrogens with zero attached hydrogens (tertiary/aromatic N) is 3. The van der Waals surface area contributed by atoms with E-state index >= 15 is 0 Å². The number of aromatic nitrogens is 2. The van der Waals surface area contributed by atoms with Crippen molar-refractivity contribution in [3.05, 3.63) is 22.0 Å². The maximum absolute atomic E-state index is 10.8. The first kappa shape index (κ1) is 10.6. The summed E-state index contributed by atoms with van der Waals surface area (Å²) in [7, 11) is 0. The largest absolute Gasteiger partial charge is 0.369 e. The van der Waals surface area contributed by atoms with E-state index in [1.807, 2.05) is 0 Å². The van der Waals surface area contributed by atoms with Crippen molar-refractivity contribution in [1.29, 1.82) is 0 Å². The summed E-state index contributed by atoms with van der Waals surface area (Å²) < 4.78 is 1.56. The number of carbonyl (C=O) groups is 1. The Labute approximate surface area is 91.4 Å². The summed E-state index contributed by atoms with van der Waals surface area (Å²) in [5, 5.41) is 14.7. The van der Waals surface area contributed by atoms with Gasteiger partial charge in [-0.15, -0.1) is 0 Å². The van der Waals surface area contributed by atoms with Crippen LogP contribution in [0.15, 0.2) is 6.20 Å². The molecule has 0 bridgehead atoms. The summed E-state index contributed by atoms with van der Waals surface area (Å²) in [5.41, 5.74) is 5.56. The van der Waals surface area contributed by atoms with E-state index in [4.69, 9.17) is 5.73 Å². The molecule has 1 fully saturated rings. The number of nitro groups is 1. The van der Waals surface area contributed by atoms with Crippen molar-refractivity contribution >= 4 is 11.6 Å². The molecular formula is C9H12N4O3. The van der Waals surface area contributed by atoms with Crippen molar-refractivity contribution in [2.24, 2.45) is 11.7 Å². The number of carbonyl (C=O) groups excluding carboxylic acids is 1. The average molecular weight is 224 g/mol. The lowest BCUT2D eigenvalue weighted by Crippen LogP contribution is -2.36. The van der Waals surface area contributed by atoms with Gasteiger partial charge in [-0.1, -0.05) is 0 Å². The molecule has 1 saturated carbocycles. The number of hydrogen-bond acceptors (Lipinski definition) is 4. The zero-order valence-electron chi connectivity index (χ0n) is 8.79. The highest BCUT2D eigenvalue weighted by atomic mass is 16.6. The Morgan fingerprint density at radius 3 is 2.75 bits per heavy atom. The lowest BCUT2D eigenvalue weighted by atomic mass is 9.80. The molecule has 86 valence electrons. The van der Waals surface area contributed by atoms with E-state index in [0.717, 1.165) is 0 Å². The van der Waals surface area contributed by atoms with Crippen molar-refractivity contribution < 1.29 is 9.72 Å². The number of primary amides is 1. The molecule has 0 aliphatic heterocycles. The molecule has 1 heterocycles. The van der Waals surface area contributed by atoms with E-state index in [1.54, 1.807) is 11.6 Å². The Balaban J connectivity index is 2.10. The van der Waals surface area contributed by atoms with Crippen molar-refractivity contribution in [1.82, 2.24) is 9.78 Å². The highest BCUT2D eigenvalue weighted by Gasteiger charge is 2.35. The molecule has 0 radical (unpaired) electrons. The summed E-state index contributed by atoms with van der Waals surface area (Å²) in [6, 6.07) is 0.0601. The van der Waals surface area contributed by atoms with Gasteiger partial charge in [0.25, 0.3) is 0 Å². The topological polar surface area (TPSA) is 104 Å². The van der Waals surface area contributed by atoms with Gasteiger partial charge in [-0.2, -0.15) is 5.10 Å². The van der Waals surface area contributed by atoms with Gasteiger partial charge < -0.3 is 5.73 Å². The van der Waals surface area contributed by atoms with Crippen LogP contribution < -0.4 is 5.73 Å². The molecule has 1 amide bonds.